The van der Waals surface area contributed by atoms with Gasteiger partial charge in [-0.05, 0) is 29.3 Å². The van der Waals surface area contributed by atoms with Gasteiger partial charge in [-0.1, -0.05) is 48.5 Å². The van der Waals surface area contributed by atoms with Gasteiger partial charge in [0.2, 0.25) is 0 Å². The first-order valence-corrected chi connectivity index (χ1v) is 8.55. The summed E-state index contributed by atoms with van der Waals surface area (Å²) < 4.78 is 0. The molecule has 2 N–H and O–H groups in total. The van der Waals surface area contributed by atoms with E-state index >= 15 is 0 Å². The number of hydrogen-bond acceptors (Lipinski definition) is 4. The molecule has 132 valence electrons. The molecular weight excluding hydrogens is 338 g/mol. The molecule has 0 saturated heterocycles. The van der Waals surface area contributed by atoms with Crippen molar-refractivity contribution in [2.75, 3.05) is 0 Å². The van der Waals surface area contributed by atoms with E-state index in [9.17, 15) is 4.79 Å². The Balaban J connectivity index is 1.49. The number of benzene rings is 2. The molecule has 6 heteroatoms. The zero-order chi connectivity index (χ0) is 18.5. The van der Waals surface area contributed by atoms with E-state index in [4.69, 9.17) is 0 Å². The molecule has 0 aliphatic heterocycles. The molecule has 0 aliphatic rings. The van der Waals surface area contributed by atoms with E-state index in [1.807, 2.05) is 66.7 Å². The lowest BCUT2D eigenvalue weighted by Gasteiger charge is -2.09. The van der Waals surface area contributed by atoms with Gasteiger partial charge in [0.05, 0.1) is 6.54 Å². The number of carbonyl (C=O) groups is 1. The van der Waals surface area contributed by atoms with Crippen molar-refractivity contribution < 1.29 is 4.79 Å². The van der Waals surface area contributed by atoms with Gasteiger partial charge in [0.15, 0.2) is 5.82 Å². The minimum atomic E-state index is -0.156. The predicted octanol–water partition coefficient (Wildman–Crippen LogP) is 3.46. The van der Waals surface area contributed by atoms with Crippen LogP contribution in [0, 0.1) is 0 Å². The number of aromatic nitrogens is 4. The van der Waals surface area contributed by atoms with Crippen LogP contribution in [0.15, 0.2) is 79.1 Å². The van der Waals surface area contributed by atoms with Gasteiger partial charge < -0.3 is 5.32 Å². The molecule has 2 aromatic carbocycles. The fraction of sp³-hybridized carbons (Fsp3) is 0.0476. The van der Waals surface area contributed by atoms with E-state index in [1.165, 1.54) is 0 Å². The molecule has 0 unspecified atom stereocenters. The standard InChI is InChI=1S/C21H17N5O/c27-21(18-9-5-4-8-17(18)15-6-2-1-3-7-15)23-14-19-24-20(26-25-19)16-10-12-22-13-11-16/h1-13H,14H2,(H,23,27)(H,24,25,26). The van der Waals surface area contributed by atoms with Crippen LogP contribution >= 0.6 is 0 Å². The van der Waals surface area contributed by atoms with Crippen molar-refractivity contribution in [1.29, 1.82) is 0 Å². The van der Waals surface area contributed by atoms with Gasteiger partial charge in [0, 0.05) is 23.5 Å². The van der Waals surface area contributed by atoms with Gasteiger partial charge >= 0.3 is 0 Å². The largest absolute Gasteiger partial charge is 0.345 e. The molecule has 1 amide bonds. The third kappa shape index (κ3) is 3.74. The summed E-state index contributed by atoms with van der Waals surface area (Å²) >= 11 is 0. The molecule has 27 heavy (non-hydrogen) atoms. The number of amides is 1. The van der Waals surface area contributed by atoms with Crippen LogP contribution in [0.4, 0.5) is 0 Å². The summed E-state index contributed by atoms with van der Waals surface area (Å²) in [6.07, 6.45) is 3.38. The lowest BCUT2D eigenvalue weighted by molar-refractivity contribution is 0.0950. The molecule has 0 aliphatic carbocycles. The molecule has 4 rings (SSSR count). The van der Waals surface area contributed by atoms with E-state index in [1.54, 1.807) is 12.4 Å². The van der Waals surface area contributed by atoms with Gasteiger partial charge in [-0.2, -0.15) is 5.10 Å². The normalized spacial score (nSPS) is 10.5. The van der Waals surface area contributed by atoms with E-state index in [0.29, 0.717) is 17.2 Å². The van der Waals surface area contributed by atoms with Crippen molar-refractivity contribution >= 4 is 5.91 Å². The van der Waals surface area contributed by atoms with Crippen LogP contribution < -0.4 is 5.32 Å². The van der Waals surface area contributed by atoms with Crippen molar-refractivity contribution in [1.82, 2.24) is 25.5 Å². The van der Waals surface area contributed by atoms with Gasteiger partial charge in [-0.15, -0.1) is 0 Å². The summed E-state index contributed by atoms with van der Waals surface area (Å²) in [5, 5.41) is 9.95. The maximum atomic E-state index is 12.7. The molecule has 0 atom stereocenters. The highest BCUT2D eigenvalue weighted by Crippen LogP contribution is 2.23. The average Bonchev–Trinajstić information content (AvgIpc) is 3.22. The van der Waals surface area contributed by atoms with Crippen molar-refractivity contribution in [2.45, 2.75) is 6.54 Å². The number of rotatable bonds is 5. The molecule has 0 bridgehead atoms. The number of pyridine rings is 1. The molecule has 0 saturated carbocycles. The maximum absolute atomic E-state index is 12.7. The fourth-order valence-electron chi connectivity index (χ4n) is 2.81. The van der Waals surface area contributed by atoms with Crippen LogP contribution in [0.25, 0.3) is 22.5 Å². The van der Waals surface area contributed by atoms with E-state index < -0.39 is 0 Å². The summed E-state index contributed by atoms with van der Waals surface area (Å²) in [5.74, 6) is 1.01. The summed E-state index contributed by atoms with van der Waals surface area (Å²) in [7, 11) is 0. The Morgan fingerprint density at radius 3 is 2.44 bits per heavy atom. The van der Waals surface area contributed by atoms with Crippen molar-refractivity contribution in [3.05, 3.63) is 90.5 Å². The monoisotopic (exact) mass is 355 g/mol. The molecule has 0 fully saturated rings. The lowest BCUT2D eigenvalue weighted by atomic mass is 9.99. The lowest BCUT2D eigenvalue weighted by Crippen LogP contribution is -2.24. The maximum Gasteiger partial charge on any atom is 0.252 e. The molecular formula is C21H17N5O. The Morgan fingerprint density at radius 1 is 0.889 bits per heavy atom. The van der Waals surface area contributed by atoms with Crippen molar-refractivity contribution in [2.24, 2.45) is 0 Å². The van der Waals surface area contributed by atoms with Crippen LogP contribution in [0.1, 0.15) is 16.2 Å². The minimum absolute atomic E-state index is 0.156. The second-order valence-corrected chi connectivity index (χ2v) is 5.94. The topological polar surface area (TPSA) is 83.6 Å². The first-order valence-electron chi connectivity index (χ1n) is 8.55. The van der Waals surface area contributed by atoms with Crippen molar-refractivity contribution in [3.8, 4) is 22.5 Å². The van der Waals surface area contributed by atoms with Crippen LogP contribution in [0.2, 0.25) is 0 Å². The fourth-order valence-corrected chi connectivity index (χ4v) is 2.81. The van der Waals surface area contributed by atoms with Gasteiger partial charge in [-0.25, -0.2) is 4.98 Å². The zero-order valence-electron chi connectivity index (χ0n) is 14.5. The first kappa shape index (κ1) is 16.7. The number of nitrogens with one attached hydrogen (secondary N) is 2. The van der Waals surface area contributed by atoms with Crippen LogP contribution in [-0.4, -0.2) is 26.1 Å². The highest BCUT2D eigenvalue weighted by atomic mass is 16.1. The van der Waals surface area contributed by atoms with Crippen LogP contribution in [-0.2, 0) is 6.54 Å². The van der Waals surface area contributed by atoms with Gasteiger partial charge in [-0.3, -0.25) is 14.9 Å². The Morgan fingerprint density at radius 2 is 1.63 bits per heavy atom. The smallest absolute Gasteiger partial charge is 0.252 e. The zero-order valence-corrected chi connectivity index (χ0v) is 14.5. The predicted molar refractivity (Wildman–Crippen MR) is 103 cm³/mol. The SMILES string of the molecule is O=C(NCc1nc(-c2ccncc2)n[nH]1)c1ccccc1-c1ccccc1. The summed E-state index contributed by atoms with van der Waals surface area (Å²) in [6.45, 7) is 0.264. The molecule has 2 heterocycles. The molecule has 2 aromatic heterocycles. The summed E-state index contributed by atoms with van der Waals surface area (Å²) in [5.41, 5.74) is 3.39. The second-order valence-electron chi connectivity index (χ2n) is 5.94. The summed E-state index contributed by atoms with van der Waals surface area (Å²) in [6, 6.07) is 21.1. The first-order chi connectivity index (χ1) is 13.3. The molecule has 4 aromatic rings. The van der Waals surface area contributed by atoms with Crippen LogP contribution in [0.5, 0.6) is 0 Å². The minimum Gasteiger partial charge on any atom is -0.345 e. The Kier molecular flexibility index (Phi) is 4.70. The number of H-pyrrole nitrogens is 1. The van der Waals surface area contributed by atoms with E-state index in [2.05, 4.69) is 25.5 Å². The quantitative estimate of drug-likeness (QED) is 0.574. The van der Waals surface area contributed by atoms with Crippen LogP contribution in [0.3, 0.4) is 0 Å². The molecule has 6 nitrogen and oxygen atoms in total. The third-order valence-electron chi connectivity index (χ3n) is 4.14. The molecule has 0 radical (unpaired) electrons. The number of hydrogen-bond donors (Lipinski definition) is 2. The number of carbonyl (C=O) groups excluding carboxylic acids is 1. The highest BCUT2D eigenvalue weighted by Gasteiger charge is 2.13. The Hall–Kier alpha value is -3.80. The Bertz CT molecular complexity index is 1040. The summed E-state index contributed by atoms with van der Waals surface area (Å²) in [4.78, 5) is 21.1. The number of nitrogens with zero attached hydrogens (tertiary/aromatic N) is 3. The highest BCUT2D eigenvalue weighted by molar-refractivity contribution is 6.00. The van der Waals surface area contributed by atoms with E-state index in [0.717, 1.165) is 16.7 Å². The third-order valence-corrected chi connectivity index (χ3v) is 4.14. The van der Waals surface area contributed by atoms with Gasteiger partial charge in [0.1, 0.15) is 5.82 Å². The van der Waals surface area contributed by atoms with Gasteiger partial charge in [0.25, 0.3) is 5.91 Å². The number of aromatic amines is 1. The molecule has 0 spiro atoms. The second kappa shape index (κ2) is 7.61. The van der Waals surface area contributed by atoms with E-state index in [-0.39, 0.29) is 12.5 Å². The van der Waals surface area contributed by atoms with Crippen molar-refractivity contribution in [3.63, 3.8) is 0 Å². The Labute approximate surface area is 156 Å². The average molecular weight is 355 g/mol.